The van der Waals surface area contributed by atoms with E-state index in [1.54, 1.807) is 0 Å². The quantitative estimate of drug-likeness (QED) is 0.588. The Kier molecular flexibility index (Phi) is 4.40. The summed E-state index contributed by atoms with van der Waals surface area (Å²) in [5.41, 5.74) is 0. The summed E-state index contributed by atoms with van der Waals surface area (Å²) in [6.45, 7) is 6.39. The van der Waals surface area contributed by atoms with Crippen LogP contribution in [0.4, 0.5) is 0 Å². The van der Waals surface area contributed by atoms with Crippen molar-refractivity contribution >= 4 is 9.24 Å². The summed E-state index contributed by atoms with van der Waals surface area (Å²) < 4.78 is 0. The predicted molar refractivity (Wildman–Crippen MR) is 54.0 cm³/mol. The first-order chi connectivity index (χ1) is 5.33. The molecule has 0 aromatic heterocycles. The van der Waals surface area contributed by atoms with Crippen molar-refractivity contribution in [2.24, 2.45) is 5.92 Å². The van der Waals surface area contributed by atoms with Crippen LogP contribution in [-0.4, -0.2) is 30.7 Å². The third kappa shape index (κ3) is 3.53. The van der Waals surface area contributed by atoms with E-state index in [0.29, 0.717) is 0 Å². The van der Waals surface area contributed by atoms with Gasteiger partial charge in [0, 0.05) is 6.54 Å². The fourth-order valence-corrected chi connectivity index (χ4v) is 2.35. The van der Waals surface area contributed by atoms with Gasteiger partial charge >= 0.3 is 0 Å². The molecule has 0 radical (unpaired) electrons. The van der Waals surface area contributed by atoms with Crippen molar-refractivity contribution in [1.82, 2.24) is 4.90 Å². The molecule has 0 N–H and O–H groups in total. The summed E-state index contributed by atoms with van der Waals surface area (Å²) in [5.74, 6) is 0.894. The fourth-order valence-electron chi connectivity index (χ4n) is 1.78. The lowest BCUT2D eigenvalue weighted by atomic mass is 10.1. The van der Waals surface area contributed by atoms with Crippen LogP contribution < -0.4 is 0 Å². The van der Waals surface area contributed by atoms with Gasteiger partial charge in [0.1, 0.15) is 0 Å². The second-order valence-electron chi connectivity index (χ2n) is 3.69. The molecule has 1 saturated heterocycles. The molecule has 2 unspecified atom stereocenters. The second-order valence-corrected chi connectivity index (χ2v) is 4.27. The second kappa shape index (κ2) is 5.11. The van der Waals surface area contributed by atoms with E-state index in [1.165, 1.54) is 45.1 Å². The molecule has 1 fully saturated rings. The molecular formula is C9H20NP. The molecule has 2 atom stereocenters. The highest BCUT2D eigenvalue weighted by Crippen LogP contribution is 2.12. The molecule has 0 aromatic rings. The van der Waals surface area contributed by atoms with Crippen molar-refractivity contribution in [2.45, 2.75) is 26.2 Å². The Hall–Kier alpha value is 0.390. The van der Waals surface area contributed by atoms with Crippen LogP contribution in [0.2, 0.25) is 0 Å². The lowest BCUT2D eigenvalue weighted by Gasteiger charge is -2.19. The SMILES string of the molecule is CC(CCP)CN1CCCC1. The average molecular weight is 173 g/mol. The molecule has 11 heavy (non-hydrogen) atoms. The van der Waals surface area contributed by atoms with Gasteiger partial charge in [0.15, 0.2) is 0 Å². The molecule has 1 aliphatic rings. The zero-order valence-corrected chi connectivity index (χ0v) is 8.71. The van der Waals surface area contributed by atoms with E-state index in [4.69, 9.17) is 0 Å². The highest BCUT2D eigenvalue weighted by Gasteiger charge is 2.13. The van der Waals surface area contributed by atoms with Crippen LogP contribution in [0, 0.1) is 5.92 Å². The van der Waals surface area contributed by atoms with E-state index in [1.807, 2.05) is 0 Å². The van der Waals surface area contributed by atoms with Crippen molar-refractivity contribution in [3.05, 3.63) is 0 Å². The van der Waals surface area contributed by atoms with Gasteiger partial charge in [-0.3, -0.25) is 0 Å². The molecule has 0 amide bonds. The molecule has 0 bridgehead atoms. The zero-order chi connectivity index (χ0) is 8.10. The van der Waals surface area contributed by atoms with Gasteiger partial charge in [-0.15, -0.1) is 9.24 Å². The van der Waals surface area contributed by atoms with Crippen molar-refractivity contribution < 1.29 is 0 Å². The number of hydrogen-bond acceptors (Lipinski definition) is 1. The highest BCUT2D eigenvalue weighted by atomic mass is 31.0. The summed E-state index contributed by atoms with van der Waals surface area (Å²) in [5, 5.41) is 0. The van der Waals surface area contributed by atoms with Crippen LogP contribution >= 0.6 is 9.24 Å². The van der Waals surface area contributed by atoms with Crippen LogP contribution in [0.25, 0.3) is 0 Å². The first-order valence-corrected chi connectivity index (χ1v) is 5.57. The Morgan fingerprint density at radius 1 is 1.36 bits per heavy atom. The van der Waals surface area contributed by atoms with Crippen molar-refractivity contribution in [3.8, 4) is 0 Å². The molecule has 2 heteroatoms. The minimum Gasteiger partial charge on any atom is -0.303 e. The van der Waals surface area contributed by atoms with Gasteiger partial charge in [0.25, 0.3) is 0 Å². The Balaban J connectivity index is 2.08. The van der Waals surface area contributed by atoms with E-state index >= 15 is 0 Å². The van der Waals surface area contributed by atoms with Gasteiger partial charge in [-0.05, 0) is 44.4 Å². The molecule has 1 aliphatic heterocycles. The molecule has 1 heterocycles. The maximum Gasteiger partial charge on any atom is 0.000714 e. The number of nitrogens with zero attached hydrogens (tertiary/aromatic N) is 1. The topological polar surface area (TPSA) is 3.24 Å². The van der Waals surface area contributed by atoms with Gasteiger partial charge in [-0.2, -0.15) is 0 Å². The maximum atomic E-state index is 2.81. The first-order valence-electron chi connectivity index (χ1n) is 4.75. The first kappa shape index (κ1) is 9.48. The molecular weight excluding hydrogens is 153 g/mol. The van der Waals surface area contributed by atoms with E-state index in [-0.39, 0.29) is 0 Å². The monoisotopic (exact) mass is 173 g/mol. The molecule has 1 rings (SSSR count). The molecule has 0 aromatic carbocycles. The minimum absolute atomic E-state index is 0.894. The third-order valence-electron chi connectivity index (χ3n) is 2.43. The van der Waals surface area contributed by atoms with Gasteiger partial charge in [0.05, 0.1) is 0 Å². The lowest BCUT2D eigenvalue weighted by molar-refractivity contribution is 0.285. The molecule has 0 saturated carbocycles. The van der Waals surface area contributed by atoms with E-state index in [9.17, 15) is 0 Å². The van der Waals surface area contributed by atoms with Crippen molar-refractivity contribution in [3.63, 3.8) is 0 Å². The molecule has 66 valence electrons. The van der Waals surface area contributed by atoms with Crippen LogP contribution in [0.1, 0.15) is 26.2 Å². The summed E-state index contributed by atoms with van der Waals surface area (Å²) in [6, 6.07) is 0. The Morgan fingerprint density at radius 3 is 2.55 bits per heavy atom. The smallest absolute Gasteiger partial charge is 0.000714 e. The van der Waals surface area contributed by atoms with Crippen LogP contribution in [0.3, 0.4) is 0 Å². The van der Waals surface area contributed by atoms with E-state index in [2.05, 4.69) is 21.1 Å². The minimum atomic E-state index is 0.894. The summed E-state index contributed by atoms with van der Waals surface area (Å²) >= 11 is 0. The van der Waals surface area contributed by atoms with Crippen molar-refractivity contribution in [2.75, 3.05) is 25.8 Å². The van der Waals surface area contributed by atoms with E-state index in [0.717, 1.165) is 5.92 Å². The van der Waals surface area contributed by atoms with Gasteiger partial charge in [0.2, 0.25) is 0 Å². The van der Waals surface area contributed by atoms with Crippen LogP contribution in [0.15, 0.2) is 0 Å². The predicted octanol–water partition coefficient (Wildman–Crippen LogP) is 1.98. The molecule has 0 spiro atoms. The number of rotatable bonds is 4. The van der Waals surface area contributed by atoms with Gasteiger partial charge < -0.3 is 4.90 Å². The van der Waals surface area contributed by atoms with Gasteiger partial charge in [-0.25, -0.2) is 0 Å². The Labute approximate surface area is 72.7 Å². The largest absolute Gasteiger partial charge is 0.303 e. The van der Waals surface area contributed by atoms with Gasteiger partial charge in [-0.1, -0.05) is 6.92 Å². The standard InChI is InChI=1S/C9H20NP/c1-9(4-7-11)8-10-5-2-3-6-10/h9H,2-8,11H2,1H3. The molecule has 1 nitrogen and oxygen atoms in total. The van der Waals surface area contributed by atoms with Crippen LogP contribution in [0.5, 0.6) is 0 Å². The Morgan fingerprint density at radius 2 is 2.00 bits per heavy atom. The average Bonchev–Trinajstić information content (AvgIpc) is 2.40. The third-order valence-corrected chi connectivity index (χ3v) is 2.76. The summed E-state index contributed by atoms with van der Waals surface area (Å²) in [6.07, 6.45) is 5.47. The fraction of sp³-hybridized carbons (Fsp3) is 1.00. The molecule has 0 aliphatic carbocycles. The highest BCUT2D eigenvalue weighted by molar-refractivity contribution is 7.16. The Bertz CT molecular complexity index is 99.7. The number of hydrogen-bond donors (Lipinski definition) is 0. The van der Waals surface area contributed by atoms with E-state index < -0.39 is 0 Å². The zero-order valence-electron chi connectivity index (χ0n) is 7.55. The summed E-state index contributed by atoms with van der Waals surface area (Å²) in [4.78, 5) is 2.60. The number of likely N-dealkylation sites (tertiary alicyclic amines) is 1. The normalized spacial score (nSPS) is 22.4. The van der Waals surface area contributed by atoms with Crippen molar-refractivity contribution in [1.29, 1.82) is 0 Å². The van der Waals surface area contributed by atoms with Crippen LogP contribution in [-0.2, 0) is 0 Å². The lowest BCUT2D eigenvalue weighted by Crippen LogP contribution is -2.25. The summed E-state index contributed by atoms with van der Waals surface area (Å²) in [7, 11) is 2.81. The maximum absolute atomic E-state index is 2.81.